The molecule has 0 fully saturated rings. The van der Waals surface area contributed by atoms with Gasteiger partial charge in [-0.3, -0.25) is 9.67 Å². The van der Waals surface area contributed by atoms with Gasteiger partial charge in [-0.2, -0.15) is 5.10 Å². The number of aromatic nitrogens is 4. The lowest BCUT2D eigenvalue weighted by Crippen LogP contribution is -2.39. The van der Waals surface area contributed by atoms with Gasteiger partial charge in [-0.25, -0.2) is 4.98 Å². The standard InChI is InChI=1S/C23H33N7/c1-18(2)22-20(17-29(5)27-22)16-28(4)23(24-3)26-12-11-21-25-13-14-30(21)15-19-9-7-6-8-10-19/h6-10,13-14,17-18H,11-12,15-16H2,1-5H3,(H,24,26). The molecule has 0 aliphatic rings. The van der Waals surface area contributed by atoms with E-state index in [9.17, 15) is 0 Å². The van der Waals surface area contributed by atoms with Crippen LogP contribution in [-0.4, -0.2) is 50.8 Å². The molecule has 3 rings (SSSR count). The fourth-order valence-corrected chi connectivity index (χ4v) is 3.66. The van der Waals surface area contributed by atoms with Gasteiger partial charge in [0, 0.05) is 71.4 Å². The van der Waals surface area contributed by atoms with Crippen LogP contribution in [0.4, 0.5) is 0 Å². The fraction of sp³-hybridized carbons (Fsp3) is 0.435. The number of nitrogens with one attached hydrogen (secondary N) is 1. The molecular weight excluding hydrogens is 374 g/mol. The second-order valence-corrected chi connectivity index (χ2v) is 7.90. The summed E-state index contributed by atoms with van der Waals surface area (Å²) in [7, 11) is 5.85. The van der Waals surface area contributed by atoms with Crippen LogP contribution in [0.3, 0.4) is 0 Å². The molecule has 0 radical (unpaired) electrons. The van der Waals surface area contributed by atoms with Crippen molar-refractivity contribution in [3.63, 3.8) is 0 Å². The summed E-state index contributed by atoms with van der Waals surface area (Å²) in [5.74, 6) is 2.33. The molecule has 1 N–H and O–H groups in total. The van der Waals surface area contributed by atoms with Crippen LogP contribution in [0, 0.1) is 0 Å². The Morgan fingerprint density at radius 3 is 2.70 bits per heavy atom. The van der Waals surface area contributed by atoms with Crippen LogP contribution < -0.4 is 5.32 Å². The van der Waals surface area contributed by atoms with E-state index in [1.165, 1.54) is 11.1 Å². The SMILES string of the molecule is CN=C(NCCc1nccn1Cc1ccccc1)N(C)Cc1cn(C)nc1C(C)C. The number of imidazole rings is 1. The molecule has 0 amide bonds. The van der Waals surface area contributed by atoms with Gasteiger partial charge < -0.3 is 14.8 Å². The van der Waals surface area contributed by atoms with Crippen molar-refractivity contribution in [1.29, 1.82) is 0 Å². The van der Waals surface area contributed by atoms with E-state index in [1.807, 2.05) is 37.2 Å². The van der Waals surface area contributed by atoms with Gasteiger partial charge in [-0.05, 0) is 11.5 Å². The van der Waals surface area contributed by atoms with E-state index in [0.29, 0.717) is 5.92 Å². The Labute approximate surface area is 179 Å². The number of aliphatic imine (C=N–C) groups is 1. The third-order valence-corrected chi connectivity index (χ3v) is 5.09. The second kappa shape index (κ2) is 10.1. The molecule has 160 valence electrons. The minimum absolute atomic E-state index is 0.396. The highest BCUT2D eigenvalue weighted by molar-refractivity contribution is 5.79. The number of aryl methyl sites for hydroxylation is 1. The first-order valence-corrected chi connectivity index (χ1v) is 10.5. The summed E-state index contributed by atoms with van der Waals surface area (Å²) in [4.78, 5) is 11.1. The predicted octanol–water partition coefficient (Wildman–Crippen LogP) is 3.04. The van der Waals surface area contributed by atoms with Crippen LogP contribution in [0.2, 0.25) is 0 Å². The molecule has 3 aromatic rings. The zero-order valence-corrected chi connectivity index (χ0v) is 18.7. The Morgan fingerprint density at radius 2 is 2.00 bits per heavy atom. The lowest BCUT2D eigenvalue weighted by atomic mass is 10.1. The van der Waals surface area contributed by atoms with Gasteiger partial charge in [0.05, 0.1) is 5.69 Å². The van der Waals surface area contributed by atoms with E-state index < -0.39 is 0 Å². The molecule has 0 aliphatic heterocycles. The van der Waals surface area contributed by atoms with Crippen molar-refractivity contribution in [3.05, 3.63) is 71.6 Å². The normalized spacial score (nSPS) is 11.9. The Balaban J connectivity index is 1.56. The number of nitrogens with zero attached hydrogens (tertiary/aromatic N) is 6. The Hall–Kier alpha value is -3.09. The van der Waals surface area contributed by atoms with Crippen LogP contribution in [0.15, 0.2) is 53.9 Å². The van der Waals surface area contributed by atoms with Crippen LogP contribution in [0.25, 0.3) is 0 Å². The minimum Gasteiger partial charge on any atom is -0.356 e. The van der Waals surface area contributed by atoms with Gasteiger partial charge in [-0.15, -0.1) is 0 Å². The molecule has 0 unspecified atom stereocenters. The first-order chi connectivity index (χ1) is 14.5. The molecular formula is C23H33N7. The molecule has 2 heterocycles. The van der Waals surface area contributed by atoms with Crippen LogP contribution in [0.1, 0.15) is 42.4 Å². The zero-order chi connectivity index (χ0) is 21.5. The number of hydrogen-bond donors (Lipinski definition) is 1. The van der Waals surface area contributed by atoms with E-state index in [0.717, 1.165) is 43.5 Å². The summed E-state index contributed by atoms with van der Waals surface area (Å²) >= 11 is 0. The first-order valence-electron chi connectivity index (χ1n) is 10.5. The topological polar surface area (TPSA) is 63.3 Å². The highest BCUT2D eigenvalue weighted by Gasteiger charge is 2.15. The lowest BCUT2D eigenvalue weighted by molar-refractivity contribution is 0.473. The summed E-state index contributed by atoms with van der Waals surface area (Å²) in [5, 5.41) is 8.08. The quantitative estimate of drug-likeness (QED) is 0.461. The summed E-state index contributed by atoms with van der Waals surface area (Å²) in [6, 6.07) is 10.5. The van der Waals surface area contributed by atoms with E-state index in [1.54, 1.807) is 0 Å². The van der Waals surface area contributed by atoms with Crippen LogP contribution in [-0.2, 0) is 26.6 Å². The third kappa shape index (κ3) is 5.49. The second-order valence-electron chi connectivity index (χ2n) is 7.90. The van der Waals surface area contributed by atoms with Crippen molar-refractivity contribution in [3.8, 4) is 0 Å². The number of rotatable bonds is 8. The van der Waals surface area contributed by atoms with E-state index in [-0.39, 0.29) is 0 Å². The van der Waals surface area contributed by atoms with Crippen molar-refractivity contribution in [2.45, 2.75) is 39.3 Å². The highest BCUT2D eigenvalue weighted by Crippen LogP contribution is 2.18. The predicted molar refractivity (Wildman–Crippen MR) is 122 cm³/mol. The zero-order valence-electron chi connectivity index (χ0n) is 18.7. The summed E-state index contributed by atoms with van der Waals surface area (Å²) in [6.07, 6.45) is 6.84. The van der Waals surface area contributed by atoms with Gasteiger partial charge in [-0.1, -0.05) is 44.2 Å². The highest BCUT2D eigenvalue weighted by atomic mass is 15.3. The largest absolute Gasteiger partial charge is 0.356 e. The van der Waals surface area contributed by atoms with Gasteiger partial charge in [0.1, 0.15) is 5.82 Å². The first kappa shape index (κ1) is 21.6. The van der Waals surface area contributed by atoms with E-state index in [2.05, 4.69) is 81.2 Å². The Bertz CT molecular complexity index is 953. The van der Waals surface area contributed by atoms with Crippen molar-refractivity contribution in [2.24, 2.45) is 12.0 Å². The maximum atomic E-state index is 4.61. The molecule has 0 saturated carbocycles. The van der Waals surface area contributed by atoms with Crippen LogP contribution >= 0.6 is 0 Å². The Kier molecular flexibility index (Phi) is 7.27. The fourth-order valence-electron chi connectivity index (χ4n) is 3.66. The maximum absolute atomic E-state index is 4.61. The average molecular weight is 408 g/mol. The molecule has 30 heavy (non-hydrogen) atoms. The van der Waals surface area contributed by atoms with Gasteiger partial charge >= 0.3 is 0 Å². The van der Waals surface area contributed by atoms with Gasteiger partial charge in [0.25, 0.3) is 0 Å². The Morgan fingerprint density at radius 1 is 1.23 bits per heavy atom. The number of guanidine groups is 1. The summed E-state index contributed by atoms with van der Waals surface area (Å²) < 4.78 is 4.09. The van der Waals surface area contributed by atoms with Crippen LogP contribution in [0.5, 0.6) is 0 Å². The molecule has 7 nitrogen and oxygen atoms in total. The molecule has 0 atom stereocenters. The molecule has 1 aromatic carbocycles. The number of hydrogen-bond acceptors (Lipinski definition) is 3. The average Bonchev–Trinajstić information content (AvgIpc) is 3.32. The van der Waals surface area contributed by atoms with Gasteiger partial charge in [0.2, 0.25) is 0 Å². The van der Waals surface area contributed by atoms with Crippen molar-refractivity contribution < 1.29 is 0 Å². The summed E-state index contributed by atoms with van der Waals surface area (Å²) in [6.45, 7) is 6.73. The molecule has 0 aliphatic carbocycles. The van der Waals surface area contributed by atoms with Gasteiger partial charge in [0.15, 0.2) is 5.96 Å². The molecule has 0 saturated heterocycles. The monoisotopic (exact) mass is 407 g/mol. The molecule has 2 aromatic heterocycles. The number of benzene rings is 1. The maximum Gasteiger partial charge on any atom is 0.193 e. The molecule has 0 bridgehead atoms. The van der Waals surface area contributed by atoms with Crippen molar-refractivity contribution in [2.75, 3.05) is 20.6 Å². The smallest absolute Gasteiger partial charge is 0.193 e. The lowest BCUT2D eigenvalue weighted by Gasteiger charge is -2.22. The third-order valence-electron chi connectivity index (χ3n) is 5.09. The van der Waals surface area contributed by atoms with Crippen molar-refractivity contribution >= 4 is 5.96 Å². The summed E-state index contributed by atoms with van der Waals surface area (Å²) in [5.41, 5.74) is 3.65. The molecule has 0 spiro atoms. The minimum atomic E-state index is 0.396. The van der Waals surface area contributed by atoms with Crippen molar-refractivity contribution in [1.82, 2.24) is 29.5 Å². The molecule has 7 heteroatoms. The van der Waals surface area contributed by atoms with E-state index in [4.69, 9.17) is 0 Å². The van der Waals surface area contributed by atoms with E-state index >= 15 is 0 Å².